The molecule has 0 aliphatic heterocycles. The Hall–Kier alpha value is -1.32. The Bertz CT molecular complexity index is 331. The van der Waals surface area contributed by atoms with Crippen LogP contribution in [0.5, 0.6) is 0 Å². The van der Waals surface area contributed by atoms with E-state index in [1.54, 1.807) is 0 Å². The minimum atomic E-state index is -0.142. The quantitative estimate of drug-likeness (QED) is 0.691. The molecule has 0 bridgehead atoms. The number of esters is 1. The number of hydrogen-bond donors (Lipinski definition) is 0. The highest BCUT2D eigenvalue weighted by Gasteiger charge is 2.07. The highest BCUT2D eigenvalue weighted by atomic mass is 16.5. The van der Waals surface area contributed by atoms with E-state index in [1.807, 2.05) is 24.7 Å². The first-order chi connectivity index (χ1) is 7.19. The molecule has 1 aromatic rings. The Morgan fingerprint density at radius 2 is 2.27 bits per heavy atom. The maximum absolute atomic E-state index is 11.2. The molecule has 0 aliphatic carbocycles. The van der Waals surface area contributed by atoms with Crippen LogP contribution in [0.15, 0.2) is 6.20 Å². The predicted molar refractivity (Wildman–Crippen MR) is 57.5 cm³/mol. The molecule has 0 unspecified atom stereocenters. The molecule has 0 atom stereocenters. The van der Waals surface area contributed by atoms with Gasteiger partial charge in [0, 0.05) is 25.4 Å². The maximum atomic E-state index is 11.2. The van der Waals surface area contributed by atoms with E-state index in [1.165, 1.54) is 0 Å². The summed E-state index contributed by atoms with van der Waals surface area (Å²) in [6, 6.07) is 0. The topological polar surface area (TPSA) is 44.1 Å². The lowest BCUT2D eigenvalue weighted by molar-refractivity contribution is -0.143. The highest BCUT2D eigenvalue weighted by molar-refractivity contribution is 5.69. The fourth-order valence-electron chi connectivity index (χ4n) is 1.51. The number of ether oxygens (including phenoxy) is 1. The average molecular weight is 210 g/mol. The van der Waals surface area contributed by atoms with Crippen molar-refractivity contribution in [3.05, 3.63) is 17.7 Å². The molecular formula is C11H18N2O2. The van der Waals surface area contributed by atoms with Crippen LogP contribution in [-0.2, 0) is 29.4 Å². The molecule has 0 fully saturated rings. The summed E-state index contributed by atoms with van der Waals surface area (Å²) < 4.78 is 6.91. The first kappa shape index (κ1) is 11.8. The Morgan fingerprint density at radius 1 is 1.53 bits per heavy atom. The van der Waals surface area contributed by atoms with Crippen LogP contribution in [0.25, 0.3) is 0 Å². The minimum Gasteiger partial charge on any atom is -0.466 e. The molecule has 1 rings (SSSR count). The first-order valence-electron chi connectivity index (χ1n) is 5.34. The smallest absolute Gasteiger partial charge is 0.306 e. The van der Waals surface area contributed by atoms with Crippen molar-refractivity contribution in [2.24, 2.45) is 7.05 Å². The van der Waals surface area contributed by atoms with Crippen LogP contribution in [0, 0.1) is 0 Å². The SMILES string of the molecule is CCOC(=O)CCc1cnc(CC)n1C. The van der Waals surface area contributed by atoms with Crippen molar-refractivity contribution in [2.75, 3.05) is 6.61 Å². The van der Waals surface area contributed by atoms with Crippen molar-refractivity contribution >= 4 is 5.97 Å². The van der Waals surface area contributed by atoms with E-state index in [9.17, 15) is 4.79 Å². The molecular weight excluding hydrogens is 192 g/mol. The minimum absolute atomic E-state index is 0.142. The number of rotatable bonds is 5. The third-order valence-corrected chi connectivity index (χ3v) is 2.39. The first-order valence-corrected chi connectivity index (χ1v) is 5.34. The molecule has 0 saturated carbocycles. The summed E-state index contributed by atoms with van der Waals surface area (Å²) >= 11 is 0. The number of carbonyl (C=O) groups excluding carboxylic acids is 1. The predicted octanol–water partition coefficient (Wildman–Crippen LogP) is 1.48. The summed E-state index contributed by atoms with van der Waals surface area (Å²) in [6.45, 7) is 4.33. The summed E-state index contributed by atoms with van der Waals surface area (Å²) in [5.41, 5.74) is 1.08. The largest absolute Gasteiger partial charge is 0.466 e. The van der Waals surface area contributed by atoms with E-state index < -0.39 is 0 Å². The Morgan fingerprint density at radius 3 is 2.80 bits per heavy atom. The monoisotopic (exact) mass is 210 g/mol. The third-order valence-electron chi connectivity index (χ3n) is 2.39. The second-order valence-corrected chi connectivity index (χ2v) is 3.38. The van der Waals surface area contributed by atoms with Gasteiger partial charge in [-0.3, -0.25) is 4.79 Å². The molecule has 0 saturated heterocycles. The summed E-state index contributed by atoms with van der Waals surface area (Å²) in [5.74, 6) is 0.908. The van der Waals surface area contributed by atoms with Crippen molar-refractivity contribution in [2.45, 2.75) is 33.1 Å². The van der Waals surface area contributed by atoms with Gasteiger partial charge in [-0.1, -0.05) is 6.92 Å². The lowest BCUT2D eigenvalue weighted by atomic mass is 10.2. The fraction of sp³-hybridized carbons (Fsp3) is 0.636. The van der Waals surface area contributed by atoms with Gasteiger partial charge in [-0.05, 0) is 13.3 Å². The number of aromatic nitrogens is 2. The van der Waals surface area contributed by atoms with Gasteiger partial charge in [-0.25, -0.2) is 4.98 Å². The average Bonchev–Trinajstić information content (AvgIpc) is 2.57. The normalized spacial score (nSPS) is 10.3. The molecule has 0 amide bonds. The Labute approximate surface area is 90.3 Å². The molecule has 15 heavy (non-hydrogen) atoms. The van der Waals surface area contributed by atoms with Gasteiger partial charge in [0.1, 0.15) is 5.82 Å². The van der Waals surface area contributed by atoms with Gasteiger partial charge in [0.15, 0.2) is 0 Å². The number of aryl methyl sites for hydroxylation is 2. The van der Waals surface area contributed by atoms with Crippen molar-refractivity contribution in [3.8, 4) is 0 Å². The molecule has 0 aliphatic rings. The van der Waals surface area contributed by atoms with Crippen molar-refractivity contribution in [1.29, 1.82) is 0 Å². The van der Waals surface area contributed by atoms with E-state index in [0.29, 0.717) is 19.4 Å². The van der Waals surface area contributed by atoms with Crippen LogP contribution >= 0.6 is 0 Å². The lowest BCUT2D eigenvalue weighted by Crippen LogP contribution is -2.07. The summed E-state index contributed by atoms with van der Waals surface area (Å²) in [7, 11) is 1.98. The molecule has 0 radical (unpaired) electrons. The van der Waals surface area contributed by atoms with Crippen LogP contribution in [0.1, 0.15) is 31.8 Å². The van der Waals surface area contributed by atoms with Crippen molar-refractivity contribution in [1.82, 2.24) is 9.55 Å². The number of carbonyl (C=O) groups is 1. The van der Waals surface area contributed by atoms with Crippen LogP contribution < -0.4 is 0 Å². The van der Waals surface area contributed by atoms with Gasteiger partial charge < -0.3 is 9.30 Å². The zero-order valence-corrected chi connectivity index (χ0v) is 9.62. The second kappa shape index (κ2) is 5.53. The van der Waals surface area contributed by atoms with Gasteiger partial charge >= 0.3 is 5.97 Å². The molecule has 84 valence electrons. The third kappa shape index (κ3) is 3.08. The standard InChI is InChI=1S/C11H18N2O2/c1-4-10-12-8-9(13(10)3)6-7-11(14)15-5-2/h8H,4-7H2,1-3H3. The van der Waals surface area contributed by atoms with Crippen LogP contribution in [0.3, 0.4) is 0 Å². The van der Waals surface area contributed by atoms with Gasteiger partial charge in [0.2, 0.25) is 0 Å². The van der Waals surface area contributed by atoms with E-state index in [2.05, 4.69) is 11.9 Å². The van der Waals surface area contributed by atoms with E-state index in [4.69, 9.17) is 4.74 Å². The van der Waals surface area contributed by atoms with E-state index in [0.717, 1.165) is 17.9 Å². The zero-order chi connectivity index (χ0) is 11.3. The molecule has 0 aromatic carbocycles. The zero-order valence-electron chi connectivity index (χ0n) is 9.62. The van der Waals surface area contributed by atoms with Gasteiger partial charge in [-0.15, -0.1) is 0 Å². The molecule has 1 heterocycles. The van der Waals surface area contributed by atoms with Crippen molar-refractivity contribution in [3.63, 3.8) is 0 Å². The molecule has 0 spiro atoms. The van der Waals surface area contributed by atoms with Crippen LogP contribution in [0.4, 0.5) is 0 Å². The van der Waals surface area contributed by atoms with Gasteiger partial charge in [-0.2, -0.15) is 0 Å². The van der Waals surface area contributed by atoms with Crippen LogP contribution in [-0.4, -0.2) is 22.1 Å². The molecule has 4 heteroatoms. The van der Waals surface area contributed by atoms with E-state index in [-0.39, 0.29) is 5.97 Å². The number of imidazole rings is 1. The summed E-state index contributed by atoms with van der Waals surface area (Å²) in [4.78, 5) is 15.4. The van der Waals surface area contributed by atoms with Gasteiger partial charge in [0.25, 0.3) is 0 Å². The fourth-order valence-corrected chi connectivity index (χ4v) is 1.51. The Balaban J connectivity index is 2.50. The number of hydrogen-bond acceptors (Lipinski definition) is 3. The van der Waals surface area contributed by atoms with Crippen LogP contribution in [0.2, 0.25) is 0 Å². The molecule has 0 N–H and O–H groups in total. The second-order valence-electron chi connectivity index (χ2n) is 3.38. The highest BCUT2D eigenvalue weighted by Crippen LogP contribution is 2.06. The van der Waals surface area contributed by atoms with Gasteiger partial charge in [0.05, 0.1) is 13.0 Å². The lowest BCUT2D eigenvalue weighted by Gasteiger charge is -2.04. The molecule has 1 aromatic heterocycles. The molecule has 4 nitrogen and oxygen atoms in total. The van der Waals surface area contributed by atoms with Crippen molar-refractivity contribution < 1.29 is 9.53 Å². The summed E-state index contributed by atoms with van der Waals surface area (Å²) in [6.07, 6.45) is 3.87. The van der Waals surface area contributed by atoms with E-state index >= 15 is 0 Å². The number of nitrogens with zero attached hydrogens (tertiary/aromatic N) is 2. The Kier molecular flexibility index (Phi) is 4.34. The maximum Gasteiger partial charge on any atom is 0.306 e. The summed E-state index contributed by atoms with van der Waals surface area (Å²) in [5, 5.41) is 0.